The van der Waals surface area contributed by atoms with E-state index in [1.165, 1.54) is 66.2 Å². The first-order valence-electron chi connectivity index (χ1n) is 17.2. The zero-order chi connectivity index (χ0) is 33.2. The number of rotatable bonds is 7. The Labute approximate surface area is 288 Å². The van der Waals surface area contributed by atoms with Crippen molar-refractivity contribution in [2.45, 2.75) is 26.3 Å². The van der Waals surface area contributed by atoms with Crippen molar-refractivity contribution in [2.75, 3.05) is 0 Å². The van der Waals surface area contributed by atoms with E-state index in [4.69, 9.17) is 0 Å². The Morgan fingerprint density at radius 2 is 1.06 bits per heavy atom. The van der Waals surface area contributed by atoms with Crippen molar-refractivity contribution in [1.29, 1.82) is 0 Å². The third-order valence-corrected chi connectivity index (χ3v) is 9.57. The van der Waals surface area contributed by atoms with Crippen LogP contribution in [-0.2, 0) is 13.6 Å². The number of hydrogen-bond acceptors (Lipinski definition) is 0. The molecule has 0 radical (unpaired) electrons. The molecule has 0 spiro atoms. The van der Waals surface area contributed by atoms with E-state index in [2.05, 4.69) is 187 Å². The molecule has 0 N–H and O–H groups in total. The largest absolute Gasteiger partial charge is 0.330 e. The van der Waals surface area contributed by atoms with E-state index in [0.29, 0.717) is 0 Å². The molecule has 8 aromatic rings. The summed E-state index contributed by atoms with van der Waals surface area (Å²) < 4.78 is 4.89. The maximum Gasteiger partial charge on any atom is 0.122 e. The molecule has 0 aliphatic heterocycles. The minimum atomic E-state index is 0.976. The van der Waals surface area contributed by atoms with E-state index in [0.717, 1.165) is 30.5 Å². The summed E-state index contributed by atoms with van der Waals surface area (Å²) in [4.78, 5) is 0. The van der Waals surface area contributed by atoms with Gasteiger partial charge in [-0.15, -0.1) is 0 Å². The highest BCUT2D eigenvalue weighted by atomic mass is 15.1. The van der Waals surface area contributed by atoms with E-state index < -0.39 is 0 Å². The second kappa shape index (κ2) is 13.2. The molecule has 0 fully saturated rings. The lowest BCUT2D eigenvalue weighted by Crippen LogP contribution is -2.02. The van der Waals surface area contributed by atoms with Crippen LogP contribution < -0.4 is 0 Å². The van der Waals surface area contributed by atoms with Gasteiger partial charge in [-0.1, -0.05) is 153 Å². The van der Waals surface area contributed by atoms with Crippen LogP contribution >= 0.6 is 0 Å². The molecule has 0 aliphatic rings. The van der Waals surface area contributed by atoms with Crippen LogP contribution in [0.3, 0.4) is 0 Å². The number of unbranched alkanes of at least 4 members (excludes halogenated alkanes) is 1. The van der Waals surface area contributed by atoms with Gasteiger partial charge < -0.3 is 9.13 Å². The van der Waals surface area contributed by atoms with Crippen molar-refractivity contribution in [3.8, 4) is 34.1 Å². The lowest BCUT2D eigenvalue weighted by molar-refractivity contribution is 0.655. The van der Waals surface area contributed by atoms with Crippen LogP contribution in [0.15, 0.2) is 146 Å². The molecule has 2 aromatic heterocycles. The minimum absolute atomic E-state index is 0.976. The van der Waals surface area contributed by atoms with Crippen molar-refractivity contribution >= 4 is 45.0 Å². The first-order valence-corrected chi connectivity index (χ1v) is 17.2. The summed E-state index contributed by atoms with van der Waals surface area (Å²) >= 11 is 0. The van der Waals surface area contributed by atoms with E-state index in [-0.39, 0.29) is 0 Å². The van der Waals surface area contributed by atoms with Crippen LogP contribution in [0.4, 0.5) is 0 Å². The fraction of sp³-hybridized carbons (Fsp3) is 0.106. The van der Waals surface area contributed by atoms with Gasteiger partial charge in [-0.25, -0.2) is 0 Å². The van der Waals surface area contributed by atoms with Crippen LogP contribution in [0.2, 0.25) is 0 Å². The van der Waals surface area contributed by atoms with Gasteiger partial charge in [0.2, 0.25) is 0 Å². The van der Waals surface area contributed by atoms with Gasteiger partial charge in [0.15, 0.2) is 0 Å². The molecule has 49 heavy (non-hydrogen) atoms. The van der Waals surface area contributed by atoms with Crippen LogP contribution in [0, 0.1) is 11.8 Å². The Balaban J connectivity index is 1.11. The first kappa shape index (κ1) is 30.3. The molecule has 0 saturated heterocycles. The van der Waals surface area contributed by atoms with Gasteiger partial charge in [0.1, 0.15) is 5.65 Å². The topological polar surface area (TPSA) is 9.86 Å². The Hall–Kier alpha value is -6.04. The maximum absolute atomic E-state index is 3.45. The van der Waals surface area contributed by atoms with Gasteiger partial charge in [0, 0.05) is 40.9 Å². The molecule has 2 heterocycles. The summed E-state index contributed by atoms with van der Waals surface area (Å²) in [7, 11) is 2.21. The van der Waals surface area contributed by atoms with E-state index in [1.807, 2.05) is 6.07 Å². The van der Waals surface area contributed by atoms with Crippen LogP contribution in [0.1, 0.15) is 42.0 Å². The van der Waals surface area contributed by atoms with Crippen LogP contribution in [0.25, 0.3) is 67.2 Å². The summed E-state index contributed by atoms with van der Waals surface area (Å²) in [6, 6.07) is 51.9. The van der Waals surface area contributed by atoms with Gasteiger partial charge in [0.05, 0.1) is 11.0 Å². The number of aryl methyl sites for hydroxylation is 2. The average molecular weight is 631 g/mol. The number of hydrogen-bond donors (Lipinski definition) is 0. The molecule has 8 rings (SSSR count). The molecule has 2 heteroatoms. The molecule has 0 bridgehead atoms. The Bertz CT molecular complexity index is 2500. The molecule has 0 saturated carbocycles. The van der Waals surface area contributed by atoms with Gasteiger partial charge in [-0.05, 0) is 70.1 Å². The van der Waals surface area contributed by atoms with Crippen molar-refractivity contribution in [3.63, 3.8) is 0 Å². The summed E-state index contributed by atoms with van der Waals surface area (Å²) in [5.41, 5.74) is 13.1. The average Bonchev–Trinajstić information content (AvgIpc) is 3.64. The minimum Gasteiger partial charge on any atom is -0.330 e. The smallest absolute Gasteiger partial charge is 0.122 e. The third-order valence-electron chi connectivity index (χ3n) is 9.57. The van der Waals surface area contributed by atoms with Gasteiger partial charge in [0.25, 0.3) is 0 Å². The summed E-state index contributed by atoms with van der Waals surface area (Å²) in [5, 5.41) is 3.90. The fourth-order valence-corrected chi connectivity index (χ4v) is 6.96. The van der Waals surface area contributed by atoms with E-state index in [9.17, 15) is 0 Å². The molecular formula is C47H38N2. The van der Waals surface area contributed by atoms with E-state index >= 15 is 0 Å². The standard InChI is InChI=1S/C47H38N2/c1-3-4-31-49-45-33-37(18-16-35-21-27-41(28-22-35)39-13-9-6-10-14-39)24-30-43(45)46-42-29-23-36(32-44(42)48(2)47(46)49)17-15-34-19-25-40(26-20-34)38-11-7-5-8-12-38/h5-15,17,19-30,32-33H,3-4,31H2,1-2H3/b17-15+. The number of fused-ring (bicyclic) bond motifs is 5. The predicted octanol–water partition coefficient (Wildman–Crippen LogP) is 12.0. The lowest BCUT2D eigenvalue weighted by atomic mass is 10.0. The molecule has 0 unspecified atom stereocenters. The van der Waals surface area contributed by atoms with Crippen molar-refractivity contribution in [2.24, 2.45) is 7.05 Å². The van der Waals surface area contributed by atoms with Gasteiger partial charge in [-0.3, -0.25) is 0 Å². The predicted molar refractivity (Wildman–Crippen MR) is 209 cm³/mol. The van der Waals surface area contributed by atoms with Crippen LogP contribution in [0.5, 0.6) is 0 Å². The first-order chi connectivity index (χ1) is 24.2. The zero-order valence-corrected chi connectivity index (χ0v) is 28.0. The number of benzene rings is 6. The van der Waals surface area contributed by atoms with Crippen molar-refractivity contribution < 1.29 is 0 Å². The Morgan fingerprint density at radius 3 is 1.73 bits per heavy atom. The van der Waals surface area contributed by atoms with Crippen molar-refractivity contribution in [3.05, 3.63) is 168 Å². The van der Waals surface area contributed by atoms with Crippen LogP contribution in [-0.4, -0.2) is 9.13 Å². The van der Waals surface area contributed by atoms with Crippen molar-refractivity contribution in [1.82, 2.24) is 9.13 Å². The SMILES string of the molecule is CCCCn1c2cc(C#Cc3ccc(-c4ccccc4)cc3)ccc2c2c3ccc(/C=C/c4ccc(-c5ccccc5)cc4)cc3n(C)c21. The highest BCUT2D eigenvalue weighted by Gasteiger charge is 2.19. The monoisotopic (exact) mass is 630 g/mol. The quantitative estimate of drug-likeness (QED) is 0.122. The van der Waals surface area contributed by atoms with Gasteiger partial charge >= 0.3 is 0 Å². The second-order valence-electron chi connectivity index (χ2n) is 12.8. The molecule has 2 nitrogen and oxygen atoms in total. The molecular weight excluding hydrogens is 593 g/mol. The third kappa shape index (κ3) is 5.97. The van der Waals surface area contributed by atoms with E-state index in [1.54, 1.807) is 0 Å². The summed E-state index contributed by atoms with van der Waals surface area (Å²) in [6.07, 6.45) is 6.69. The van der Waals surface area contributed by atoms with Gasteiger partial charge in [-0.2, -0.15) is 0 Å². The normalized spacial score (nSPS) is 11.5. The second-order valence-corrected chi connectivity index (χ2v) is 12.8. The fourth-order valence-electron chi connectivity index (χ4n) is 6.96. The Morgan fingerprint density at radius 1 is 0.531 bits per heavy atom. The highest BCUT2D eigenvalue weighted by molar-refractivity contribution is 6.21. The molecule has 6 aromatic carbocycles. The zero-order valence-electron chi connectivity index (χ0n) is 28.0. The lowest BCUT2D eigenvalue weighted by Gasteiger charge is -2.09. The molecule has 236 valence electrons. The molecule has 0 atom stereocenters. The number of aromatic nitrogens is 2. The highest BCUT2D eigenvalue weighted by Crippen LogP contribution is 2.38. The number of nitrogens with zero attached hydrogens (tertiary/aromatic N) is 2. The molecule has 0 amide bonds. The molecule has 0 aliphatic carbocycles. The summed E-state index contributed by atoms with van der Waals surface area (Å²) in [5.74, 6) is 6.86. The maximum atomic E-state index is 3.45. The Kier molecular flexibility index (Phi) is 8.18. The summed E-state index contributed by atoms with van der Waals surface area (Å²) in [6.45, 7) is 3.24.